The smallest absolute Gasteiger partial charge is 0.258 e. The van der Waals surface area contributed by atoms with Gasteiger partial charge in [0, 0.05) is 79.3 Å². The Labute approximate surface area is 257 Å². The van der Waals surface area contributed by atoms with Crippen molar-refractivity contribution in [2.75, 3.05) is 27.2 Å². The van der Waals surface area contributed by atoms with E-state index in [9.17, 15) is 28.0 Å². The molecule has 0 radical (unpaired) electrons. The van der Waals surface area contributed by atoms with Crippen LogP contribution in [-0.2, 0) is 19.6 Å². The third kappa shape index (κ3) is 6.40. The number of carbonyl (C=O) groups is 3. The van der Waals surface area contributed by atoms with E-state index >= 15 is 0 Å². The minimum Gasteiger partial charge on any atom is -0.756 e. The predicted octanol–water partition coefficient (Wildman–Crippen LogP) is 2.04. The molecule has 230 valence electrons. The molecule has 16 heteroatoms. The molecule has 2 N–H and O–H groups in total. The molecule has 1 saturated heterocycles. The molecule has 4 heterocycles. The Morgan fingerprint density at radius 3 is 2.36 bits per heavy atom. The molecule has 0 saturated carbocycles. The van der Waals surface area contributed by atoms with Gasteiger partial charge in [-0.1, -0.05) is 11.6 Å². The number of hydrogen-bond donors (Lipinski definition) is 2. The number of hydroxylamine groups is 2. The van der Waals surface area contributed by atoms with Crippen molar-refractivity contribution in [1.29, 1.82) is 0 Å². The number of benzene rings is 1. The zero-order valence-electron chi connectivity index (χ0n) is 23.7. The number of nitrogens with zero attached hydrogens (tertiary/aromatic N) is 6. The highest BCUT2D eigenvalue weighted by Gasteiger charge is 2.44. The van der Waals surface area contributed by atoms with E-state index in [-0.39, 0.29) is 35.2 Å². The second kappa shape index (κ2) is 12.7. The molecule has 4 aromatic rings. The number of sulfonamides is 1. The summed E-state index contributed by atoms with van der Waals surface area (Å²) < 4.78 is 28.9. The van der Waals surface area contributed by atoms with Crippen LogP contribution in [0.25, 0.3) is 22.3 Å². The third-order valence-corrected chi connectivity index (χ3v) is 9.31. The number of amides is 3. The molecule has 2 atom stereocenters. The quantitative estimate of drug-likeness (QED) is 0.272. The van der Waals surface area contributed by atoms with Crippen LogP contribution in [0, 0.1) is 5.21 Å². The maximum atomic E-state index is 14.0. The maximum absolute atomic E-state index is 14.0. The summed E-state index contributed by atoms with van der Waals surface area (Å²) in [5, 5.41) is 15.4. The van der Waals surface area contributed by atoms with Gasteiger partial charge in [0.25, 0.3) is 15.9 Å². The fourth-order valence-electron chi connectivity index (χ4n) is 5.11. The van der Waals surface area contributed by atoms with Crippen molar-refractivity contribution in [2.24, 2.45) is 0 Å². The minimum atomic E-state index is -4.22. The summed E-state index contributed by atoms with van der Waals surface area (Å²) in [6.45, 7) is -0.574. The molecule has 14 nitrogen and oxygen atoms in total. The average Bonchev–Trinajstić information content (AvgIpc) is 3.45. The van der Waals surface area contributed by atoms with Crippen molar-refractivity contribution in [1.82, 2.24) is 39.5 Å². The lowest BCUT2D eigenvalue weighted by atomic mass is 10.00. The van der Waals surface area contributed by atoms with Crippen LogP contribution in [0.2, 0.25) is 5.02 Å². The van der Waals surface area contributed by atoms with Gasteiger partial charge in [-0.2, -0.15) is 4.31 Å². The molecule has 1 aliphatic heterocycles. The topological polar surface area (TPSA) is 185 Å². The Balaban J connectivity index is 1.52. The molecule has 3 aromatic heterocycles. The van der Waals surface area contributed by atoms with E-state index < -0.39 is 46.2 Å². The summed E-state index contributed by atoms with van der Waals surface area (Å²) in [5.74, 6) is -1.59. The summed E-state index contributed by atoms with van der Waals surface area (Å²) >= 11 is 6.08. The Morgan fingerprint density at radius 2 is 1.73 bits per heavy atom. The van der Waals surface area contributed by atoms with Crippen LogP contribution in [0.1, 0.15) is 23.2 Å². The van der Waals surface area contributed by atoms with Crippen molar-refractivity contribution >= 4 is 50.2 Å². The number of aromatic amines is 1. The molecule has 0 aliphatic carbocycles. The first kappa shape index (κ1) is 31.0. The lowest BCUT2D eigenvalue weighted by molar-refractivity contribution is -0.129. The highest BCUT2D eigenvalue weighted by atomic mass is 35.5. The van der Waals surface area contributed by atoms with Crippen LogP contribution < -0.4 is 5.32 Å². The lowest BCUT2D eigenvalue weighted by Gasteiger charge is -2.46. The summed E-state index contributed by atoms with van der Waals surface area (Å²) in [7, 11) is -1.78. The molecular formula is C28H28ClN8O6S-. The Bertz CT molecular complexity index is 1800. The number of rotatable bonds is 8. The molecule has 1 aliphatic rings. The standard InChI is InChI=1S/C28H28ClN8O6S/c1-30-24(38)11-21-15-36(44(42,43)25-10-18-9-20(29)3-4-23(18)34-25)16-22(12-26(39)35(2)41)37(21)28(40)19-13-32-27(33-14-19)17-5-7-31-8-6-17/h3-10,13-14,21-22,34H,11-12,15-16H2,1-2H3,(H,30,38)/q-1. The number of aromatic nitrogens is 4. The number of H-pyrrole nitrogens is 1. The summed E-state index contributed by atoms with van der Waals surface area (Å²) in [5.41, 5.74) is 1.27. The van der Waals surface area contributed by atoms with Crippen LogP contribution in [0.4, 0.5) is 0 Å². The van der Waals surface area contributed by atoms with Gasteiger partial charge in [0.2, 0.25) is 11.8 Å². The molecule has 1 aromatic carbocycles. The molecule has 1 fully saturated rings. The van der Waals surface area contributed by atoms with E-state index in [0.717, 1.165) is 11.4 Å². The minimum absolute atomic E-state index is 0.0569. The van der Waals surface area contributed by atoms with Crippen molar-refractivity contribution in [2.45, 2.75) is 30.0 Å². The number of piperazine rings is 1. The van der Waals surface area contributed by atoms with Gasteiger partial charge < -0.3 is 25.5 Å². The van der Waals surface area contributed by atoms with Crippen LogP contribution in [-0.4, -0.2) is 99.6 Å². The van der Waals surface area contributed by atoms with Crippen LogP contribution in [0.3, 0.4) is 0 Å². The first-order valence-corrected chi connectivity index (χ1v) is 15.3. The first-order valence-electron chi connectivity index (χ1n) is 13.5. The molecule has 5 rings (SSSR count). The number of hydrogen-bond acceptors (Lipinski definition) is 9. The van der Waals surface area contributed by atoms with Crippen molar-refractivity contribution in [3.05, 3.63) is 77.0 Å². The number of pyridine rings is 1. The molecule has 3 amide bonds. The zero-order chi connectivity index (χ0) is 31.6. The largest absolute Gasteiger partial charge is 0.756 e. The van der Waals surface area contributed by atoms with Crippen molar-refractivity contribution < 1.29 is 22.8 Å². The van der Waals surface area contributed by atoms with E-state index in [2.05, 4.69) is 25.3 Å². The van der Waals surface area contributed by atoms with E-state index in [4.69, 9.17) is 11.6 Å². The van der Waals surface area contributed by atoms with Gasteiger partial charge in [0.1, 0.15) is 5.03 Å². The van der Waals surface area contributed by atoms with Gasteiger partial charge in [-0.15, -0.1) is 0 Å². The Kier molecular flexibility index (Phi) is 8.92. The fraction of sp³-hybridized carbons (Fsp3) is 0.286. The molecule has 44 heavy (non-hydrogen) atoms. The van der Waals surface area contributed by atoms with Gasteiger partial charge in [-0.3, -0.25) is 19.4 Å². The van der Waals surface area contributed by atoms with Crippen LogP contribution in [0.15, 0.2) is 66.2 Å². The maximum Gasteiger partial charge on any atom is 0.258 e. The SMILES string of the molecule is CNC(=O)CC1CN(S(=O)(=O)c2cc3cc(Cl)ccc3[nH]2)CC(CC(=O)N(C)[O-])N1C(=O)c1cnc(-c2ccncc2)nc1. The van der Waals surface area contributed by atoms with Crippen LogP contribution >= 0.6 is 11.6 Å². The summed E-state index contributed by atoms with van der Waals surface area (Å²) in [6, 6.07) is 7.64. The molecule has 0 bridgehead atoms. The molecule has 2 unspecified atom stereocenters. The number of fused-ring (bicyclic) bond motifs is 1. The second-order valence-electron chi connectivity index (χ2n) is 10.2. The van der Waals surface area contributed by atoms with Gasteiger partial charge in [-0.05, 0) is 43.4 Å². The summed E-state index contributed by atoms with van der Waals surface area (Å²) in [6.07, 6.45) is 5.03. The van der Waals surface area contributed by atoms with E-state index in [0.29, 0.717) is 27.3 Å². The van der Waals surface area contributed by atoms with Crippen molar-refractivity contribution in [3.63, 3.8) is 0 Å². The normalized spacial score (nSPS) is 17.4. The monoisotopic (exact) mass is 639 g/mol. The average molecular weight is 640 g/mol. The Morgan fingerprint density at radius 1 is 1.07 bits per heavy atom. The number of halogens is 1. The number of nitrogens with one attached hydrogen (secondary N) is 2. The number of carbonyl (C=O) groups excluding carboxylic acids is 3. The van der Waals surface area contributed by atoms with Gasteiger partial charge in [-0.25, -0.2) is 18.4 Å². The Hall–Kier alpha value is -4.44. The lowest BCUT2D eigenvalue weighted by Crippen LogP contribution is -2.63. The fourth-order valence-corrected chi connectivity index (χ4v) is 6.82. The van der Waals surface area contributed by atoms with Crippen LogP contribution in [0.5, 0.6) is 0 Å². The zero-order valence-corrected chi connectivity index (χ0v) is 25.2. The van der Waals surface area contributed by atoms with Gasteiger partial charge in [0.05, 0.1) is 17.6 Å². The highest BCUT2D eigenvalue weighted by Crippen LogP contribution is 2.30. The van der Waals surface area contributed by atoms with E-state index in [1.54, 1.807) is 42.7 Å². The third-order valence-electron chi connectivity index (χ3n) is 7.32. The predicted molar refractivity (Wildman–Crippen MR) is 161 cm³/mol. The van der Waals surface area contributed by atoms with E-state index in [1.165, 1.54) is 30.4 Å². The highest BCUT2D eigenvalue weighted by molar-refractivity contribution is 7.89. The van der Waals surface area contributed by atoms with E-state index in [1.807, 2.05) is 0 Å². The van der Waals surface area contributed by atoms with Gasteiger partial charge >= 0.3 is 0 Å². The molecule has 0 spiro atoms. The second-order valence-corrected chi connectivity index (χ2v) is 12.6. The van der Waals surface area contributed by atoms with Crippen molar-refractivity contribution in [3.8, 4) is 11.4 Å². The molecular weight excluding hydrogens is 612 g/mol. The first-order chi connectivity index (χ1) is 21.0. The summed E-state index contributed by atoms with van der Waals surface area (Å²) in [4.78, 5) is 56.0. The van der Waals surface area contributed by atoms with Gasteiger partial charge in [0.15, 0.2) is 5.82 Å².